The van der Waals surface area contributed by atoms with Crippen LogP contribution in [0, 0.1) is 0 Å². The number of aromatic nitrogens is 5. The highest BCUT2D eigenvalue weighted by Gasteiger charge is 2.27. The molecule has 1 aliphatic rings. The first-order chi connectivity index (χ1) is 13.1. The summed E-state index contributed by atoms with van der Waals surface area (Å²) < 4.78 is 7.12. The highest BCUT2D eigenvalue weighted by atomic mass is 32.2. The van der Waals surface area contributed by atoms with Crippen LogP contribution in [0.5, 0.6) is 5.75 Å². The number of rotatable bonds is 7. The summed E-state index contributed by atoms with van der Waals surface area (Å²) >= 11 is 2.78. The average Bonchev–Trinajstić information content (AvgIpc) is 3.32. The molecule has 1 N–H and O–H groups in total. The van der Waals surface area contributed by atoms with Crippen LogP contribution in [0.1, 0.15) is 23.8 Å². The molecule has 0 atom stereocenters. The largest absolute Gasteiger partial charge is 0.497 e. The number of hydrogen-bond acceptors (Lipinski definition) is 8. The van der Waals surface area contributed by atoms with Crippen LogP contribution in [0.4, 0.5) is 5.13 Å². The third-order valence-electron chi connectivity index (χ3n) is 4.11. The van der Waals surface area contributed by atoms with Crippen LogP contribution in [0.2, 0.25) is 0 Å². The first-order valence-corrected chi connectivity index (χ1v) is 10.2. The summed E-state index contributed by atoms with van der Waals surface area (Å²) in [6.45, 7) is 0. The molecule has 0 radical (unpaired) electrons. The Labute approximate surface area is 164 Å². The summed E-state index contributed by atoms with van der Waals surface area (Å²) in [6, 6.07) is 7.63. The normalized spacial score (nSPS) is 13.6. The lowest BCUT2D eigenvalue weighted by Crippen LogP contribution is -2.14. The van der Waals surface area contributed by atoms with E-state index in [9.17, 15) is 4.79 Å². The summed E-state index contributed by atoms with van der Waals surface area (Å²) in [7, 11) is 3.50. The third-order valence-corrected chi connectivity index (χ3v) is 6.13. The standard InChI is InChI=1S/C17H18N6O2S2/c1-23-14(11-4-3-5-12(8-11)25-2)19-22-17(23)26-9-13(24)18-16-21-20-15(27-16)10-6-7-10/h3-5,8,10H,6-7,9H2,1-2H3,(H,18,21,24). The van der Waals surface area contributed by atoms with Gasteiger partial charge in [0, 0.05) is 18.5 Å². The Morgan fingerprint density at radius 1 is 1.33 bits per heavy atom. The van der Waals surface area contributed by atoms with Gasteiger partial charge < -0.3 is 9.30 Å². The Morgan fingerprint density at radius 2 is 2.19 bits per heavy atom. The molecule has 8 nitrogen and oxygen atoms in total. The smallest absolute Gasteiger partial charge is 0.236 e. The van der Waals surface area contributed by atoms with Crippen molar-refractivity contribution in [3.8, 4) is 17.1 Å². The number of carbonyl (C=O) groups excluding carboxylic acids is 1. The molecule has 2 aromatic heterocycles. The number of nitrogens with zero attached hydrogens (tertiary/aromatic N) is 5. The van der Waals surface area contributed by atoms with Gasteiger partial charge in [0.05, 0.1) is 12.9 Å². The van der Waals surface area contributed by atoms with Gasteiger partial charge in [-0.1, -0.05) is 35.2 Å². The van der Waals surface area contributed by atoms with Crippen molar-refractivity contribution in [3.63, 3.8) is 0 Å². The molecule has 1 saturated carbocycles. The molecule has 1 aromatic carbocycles. The lowest BCUT2D eigenvalue weighted by Gasteiger charge is -2.05. The highest BCUT2D eigenvalue weighted by Crippen LogP contribution is 2.42. The summed E-state index contributed by atoms with van der Waals surface area (Å²) in [5.74, 6) is 2.10. The summed E-state index contributed by atoms with van der Waals surface area (Å²) in [5, 5.41) is 21.6. The number of thioether (sulfide) groups is 1. The van der Waals surface area contributed by atoms with Crippen LogP contribution in [0.15, 0.2) is 29.4 Å². The minimum atomic E-state index is -0.135. The van der Waals surface area contributed by atoms with Crippen LogP contribution in [0.25, 0.3) is 11.4 Å². The van der Waals surface area contributed by atoms with Crippen molar-refractivity contribution >= 4 is 34.1 Å². The van der Waals surface area contributed by atoms with Crippen molar-refractivity contribution in [3.05, 3.63) is 29.3 Å². The predicted molar refractivity (Wildman–Crippen MR) is 104 cm³/mol. The van der Waals surface area contributed by atoms with E-state index >= 15 is 0 Å². The van der Waals surface area contributed by atoms with Crippen LogP contribution in [-0.4, -0.2) is 43.7 Å². The van der Waals surface area contributed by atoms with E-state index in [0.29, 0.717) is 16.2 Å². The molecule has 2 heterocycles. The second kappa shape index (κ2) is 7.65. The number of methoxy groups -OCH3 is 1. The molecule has 0 saturated heterocycles. The molecule has 10 heteroatoms. The third kappa shape index (κ3) is 4.11. The lowest BCUT2D eigenvalue weighted by molar-refractivity contribution is -0.113. The second-order valence-electron chi connectivity index (χ2n) is 6.15. The predicted octanol–water partition coefficient (Wildman–Crippen LogP) is 2.95. The van der Waals surface area contributed by atoms with E-state index < -0.39 is 0 Å². The fraction of sp³-hybridized carbons (Fsp3) is 0.353. The number of nitrogens with one attached hydrogen (secondary N) is 1. The van der Waals surface area contributed by atoms with E-state index in [1.807, 2.05) is 35.9 Å². The quantitative estimate of drug-likeness (QED) is 0.607. The molecule has 140 valence electrons. The van der Waals surface area contributed by atoms with Gasteiger partial charge >= 0.3 is 0 Å². The molecule has 0 bridgehead atoms. The Hall–Kier alpha value is -2.46. The van der Waals surface area contributed by atoms with Crippen molar-refractivity contribution < 1.29 is 9.53 Å². The lowest BCUT2D eigenvalue weighted by atomic mass is 10.2. The molecule has 0 spiro atoms. The average molecular weight is 403 g/mol. The summed E-state index contributed by atoms with van der Waals surface area (Å²) in [6.07, 6.45) is 2.33. The van der Waals surface area contributed by atoms with Crippen molar-refractivity contribution in [1.29, 1.82) is 0 Å². The molecule has 0 unspecified atom stereocenters. The first kappa shape index (κ1) is 17.9. The Bertz CT molecular complexity index is 966. The van der Waals surface area contributed by atoms with Crippen molar-refractivity contribution in [2.45, 2.75) is 23.9 Å². The van der Waals surface area contributed by atoms with Gasteiger partial charge in [-0.2, -0.15) is 0 Å². The Balaban J connectivity index is 1.37. The molecule has 0 aliphatic heterocycles. The molecule has 3 aromatic rings. The van der Waals surface area contributed by atoms with Gasteiger partial charge in [0.15, 0.2) is 11.0 Å². The number of amides is 1. The molecule has 1 fully saturated rings. The maximum atomic E-state index is 12.2. The van der Waals surface area contributed by atoms with Crippen molar-refractivity contribution in [2.75, 3.05) is 18.2 Å². The zero-order valence-corrected chi connectivity index (χ0v) is 16.5. The van der Waals surface area contributed by atoms with Gasteiger partial charge in [0.25, 0.3) is 0 Å². The second-order valence-corrected chi connectivity index (χ2v) is 8.11. The molecule has 1 aliphatic carbocycles. The van der Waals surface area contributed by atoms with Gasteiger partial charge in [0.2, 0.25) is 11.0 Å². The number of benzene rings is 1. The van der Waals surface area contributed by atoms with Gasteiger partial charge in [-0.15, -0.1) is 20.4 Å². The van der Waals surface area contributed by atoms with Crippen molar-refractivity contribution in [1.82, 2.24) is 25.0 Å². The monoisotopic (exact) mass is 402 g/mol. The first-order valence-electron chi connectivity index (χ1n) is 8.44. The number of carbonyl (C=O) groups is 1. The number of hydrogen-bond donors (Lipinski definition) is 1. The van der Waals surface area contributed by atoms with Gasteiger partial charge in [-0.25, -0.2) is 0 Å². The summed E-state index contributed by atoms with van der Waals surface area (Å²) in [4.78, 5) is 12.2. The number of ether oxygens (including phenoxy) is 1. The van der Waals surface area contributed by atoms with Crippen LogP contribution in [0.3, 0.4) is 0 Å². The maximum Gasteiger partial charge on any atom is 0.236 e. The van der Waals surface area contributed by atoms with E-state index in [1.165, 1.54) is 35.9 Å². The fourth-order valence-electron chi connectivity index (χ4n) is 2.52. The minimum absolute atomic E-state index is 0.135. The molecule has 27 heavy (non-hydrogen) atoms. The fourth-order valence-corrected chi connectivity index (χ4v) is 4.16. The minimum Gasteiger partial charge on any atom is -0.497 e. The van der Waals surface area contributed by atoms with Gasteiger partial charge in [-0.3, -0.25) is 10.1 Å². The van der Waals surface area contributed by atoms with Crippen LogP contribution >= 0.6 is 23.1 Å². The molecule has 1 amide bonds. The number of anilines is 1. The van der Waals surface area contributed by atoms with E-state index in [1.54, 1.807) is 7.11 Å². The van der Waals surface area contributed by atoms with Crippen LogP contribution in [-0.2, 0) is 11.8 Å². The maximum absolute atomic E-state index is 12.2. The topological polar surface area (TPSA) is 94.8 Å². The van der Waals surface area contributed by atoms with Crippen LogP contribution < -0.4 is 10.1 Å². The molecular formula is C17H18N6O2S2. The van der Waals surface area contributed by atoms with Crippen molar-refractivity contribution in [2.24, 2.45) is 7.05 Å². The van der Waals surface area contributed by atoms with E-state index in [-0.39, 0.29) is 11.7 Å². The van der Waals surface area contributed by atoms with E-state index in [0.717, 1.165) is 22.1 Å². The Kier molecular flexibility index (Phi) is 5.08. The van der Waals surface area contributed by atoms with Gasteiger partial charge in [-0.05, 0) is 25.0 Å². The summed E-state index contributed by atoms with van der Waals surface area (Å²) in [5.41, 5.74) is 0.905. The van der Waals surface area contributed by atoms with E-state index in [2.05, 4.69) is 25.7 Å². The molecule has 4 rings (SSSR count). The Morgan fingerprint density at radius 3 is 2.96 bits per heavy atom. The van der Waals surface area contributed by atoms with Gasteiger partial charge in [0.1, 0.15) is 10.8 Å². The zero-order valence-electron chi connectivity index (χ0n) is 14.9. The molecular weight excluding hydrogens is 384 g/mol. The highest BCUT2D eigenvalue weighted by molar-refractivity contribution is 7.99. The van der Waals surface area contributed by atoms with E-state index in [4.69, 9.17) is 4.74 Å². The zero-order chi connectivity index (χ0) is 18.8. The SMILES string of the molecule is COc1cccc(-c2nnc(SCC(=O)Nc3nnc(C4CC4)s3)n2C)c1.